The molecule has 2 N–H and O–H groups in total. The average Bonchev–Trinajstić information content (AvgIpc) is 2.09. The first kappa shape index (κ1) is 11.1. The highest BCUT2D eigenvalue weighted by Crippen LogP contribution is 2.18. The third-order valence-electron chi connectivity index (χ3n) is 1.98. The van der Waals surface area contributed by atoms with Gasteiger partial charge >= 0.3 is 0 Å². The number of benzene rings is 1. The van der Waals surface area contributed by atoms with Gasteiger partial charge in [0.2, 0.25) is 0 Å². The van der Waals surface area contributed by atoms with Crippen molar-refractivity contribution in [1.29, 1.82) is 0 Å². The van der Waals surface area contributed by atoms with E-state index in [0.717, 1.165) is 28.1 Å². The van der Waals surface area contributed by atoms with Crippen molar-refractivity contribution < 1.29 is 0 Å². The molecule has 74 valence electrons. The van der Waals surface area contributed by atoms with Crippen LogP contribution in [0.1, 0.15) is 23.1 Å². The van der Waals surface area contributed by atoms with Crippen LogP contribution in [0.2, 0.25) is 5.02 Å². The number of rotatable bonds is 1. The lowest BCUT2D eigenvalue weighted by Gasteiger charge is -2.03. The summed E-state index contributed by atoms with van der Waals surface area (Å²) in [5.41, 5.74) is 8.69. The molecule has 0 amide bonds. The number of hydrogen-bond donors (Lipinski definition) is 1. The van der Waals surface area contributed by atoms with Crippen LogP contribution >= 0.6 is 11.6 Å². The van der Waals surface area contributed by atoms with Crippen molar-refractivity contribution >= 4 is 11.6 Å². The van der Waals surface area contributed by atoms with Gasteiger partial charge in [-0.25, -0.2) is 0 Å². The molecular formula is C12H14ClN. The van der Waals surface area contributed by atoms with Crippen LogP contribution in [-0.4, -0.2) is 6.54 Å². The van der Waals surface area contributed by atoms with Gasteiger partial charge in [-0.1, -0.05) is 23.4 Å². The van der Waals surface area contributed by atoms with Gasteiger partial charge in [-0.15, -0.1) is 0 Å². The van der Waals surface area contributed by atoms with Crippen LogP contribution in [0.4, 0.5) is 0 Å². The van der Waals surface area contributed by atoms with Crippen LogP contribution in [0.3, 0.4) is 0 Å². The van der Waals surface area contributed by atoms with Crippen LogP contribution in [0.15, 0.2) is 12.1 Å². The Kier molecular flexibility index (Phi) is 4.00. The maximum Gasteiger partial charge on any atom is 0.0412 e. The minimum atomic E-state index is 0.610. The molecular weight excluding hydrogens is 194 g/mol. The first-order valence-electron chi connectivity index (χ1n) is 4.61. The fourth-order valence-corrected chi connectivity index (χ4v) is 1.66. The van der Waals surface area contributed by atoms with E-state index >= 15 is 0 Å². The van der Waals surface area contributed by atoms with Crippen LogP contribution in [0.5, 0.6) is 0 Å². The zero-order valence-electron chi connectivity index (χ0n) is 8.52. The Labute approximate surface area is 90.3 Å². The van der Waals surface area contributed by atoms with E-state index in [-0.39, 0.29) is 0 Å². The first-order chi connectivity index (χ1) is 6.65. The molecule has 1 rings (SSSR count). The maximum absolute atomic E-state index is 5.92. The third-order valence-corrected chi connectivity index (χ3v) is 2.20. The third kappa shape index (κ3) is 2.77. The Morgan fingerprint density at radius 2 is 1.86 bits per heavy atom. The summed E-state index contributed by atoms with van der Waals surface area (Å²) in [7, 11) is 0. The minimum Gasteiger partial charge on any atom is -0.330 e. The highest BCUT2D eigenvalue weighted by molar-refractivity contribution is 6.30. The SMILES string of the molecule is Cc1cc(Cl)cc(C)c1C#CCCN. The van der Waals surface area contributed by atoms with Crippen LogP contribution < -0.4 is 5.73 Å². The summed E-state index contributed by atoms with van der Waals surface area (Å²) in [5, 5.41) is 0.768. The molecule has 0 aliphatic rings. The maximum atomic E-state index is 5.92. The van der Waals surface area contributed by atoms with Gasteiger partial charge in [0, 0.05) is 23.6 Å². The average molecular weight is 208 g/mol. The molecule has 0 heterocycles. The molecule has 2 heteroatoms. The molecule has 0 aliphatic heterocycles. The molecule has 0 radical (unpaired) electrons. The standard InChI is InChI=1S/C12H14ClN/c1-9-7-11(13)8-10(2)12(9)5-3-4-6-14/h7-8H,4,6,14H2,1-2H3. The van der Waals surface area contributed by atoms with Crippen molar-refractivity contribution in [3.8, 4) is 11.8 Å². The van der Waals surface area contributed by atoms with Crippen molar-refractivity contribution in [3.63, 3.8) is 0 Å². The highest BCUT2D eigenvalue weighted by Gasteiger charge is 2.00. The van der Waals surface area contributed by atoms with Crippen LogP contribution in [0.25, 0.3) is 0 Å². The number of hydrogen-bond acceptors (Lipinski definition) is 1. The second kappa shape index (κ2) is 5.05. The number of nitrogens with two attached hydrogens (primary N) is 1. The smallest absolute Gasteiger partial charge is 0.0412 e. The number of aryl methyl sites for hydroxylation is 2. The molecule has 0 aliphatic carbocycles. The minimum absolute atomic E-state index is 0.610. The van der Waals surface area contributed by atoms with Crippen molar-refractivity contribution in [3.05, 3.63) is 33.8 Å². The molecule has 0 fully saturated rings. The Morgan fingerprint density at radius 3 is 2.36 bits per heavy atom. The quantitative estimate of drug-likeness (QED) is 0.704. The molecule has 0 bridgehead atoms. The molecule has 0 saturated heterocycles. The lowest BCUT2D eigenvalue weighted by molar-refractivity contribution is 1.03. The van der Waals surface area contributed by atoms with E-state index < -0.39 is 0 Å². The van der Waals surface area contributed by atoms with Crippen LogP contribution in [0, 0.1) is 25.7 Å². The Balaban J connectivity index is 3.04. The summed E-state index contributed by atoms with van der Waals surface area (Å²) < 4.78 is 0. The van der Waals surface area contributed by atoms with Gasteiger partial charge in [-0.2, -0.15) is 0 Å². The molecule has 1 aromatic carbocycles. The van der Waals surface area contributed by atoms with Gasteiger partial charge in [0.05, 0.1) is 0 Å². The predicted octanol–water partition coefficient (Wildman–Crippen LogP) is 2.66. The van der Waals surface area contributed by atoms with E-state index in [1.807, 2.05) is 26.0 Å². The molecule has 1 aromatic rings. The summed E-state index contributed by atoms with van der Waals surface area (Å²) in [6, 6.07) is 3.86. The lowest BCUT2D eigenvalue weighted by Crippen LogP contribution is -1.96. The van der Waals surface area contributed by atoms with Gasteiger partial charge in [0.15, 0.2) is 0 Å². The van der Waals surface area contributed by atoms with E-state index in [4.69, 9.17) is 17.3 Å². The van der Waals surface area contributed by atoms with Gasteiger partial charge in [-0.3, -0.25) is 0 Å². The summed E-state index contributed by atoms with van der Waals surface area (Å²) in [6.45, 7) is 4.65. The Morgan fingerprint density at radius 1 is 1.29 bits per heavy atom. The molecule has 0 unspecified atom stereocenters. The normalized spacial score (nSPS) is 9.43. The highest BCUT2D eigenvalue weighted by atomic mass is 35.5. The fourth-order valence-electron chi connectivity index (χ4n) is 1.33. The molecule has 0 aromatic heterocycles. The molecule has 0 atom stereocenters. The topological polar surface area (TPSA) is 26.0 Å². The molecule has 14 heavy (non-hydrogen) atoms. The zero-order chi connectivity index (χ0) is 10.6. The van der Waals surface area contributed by atoms with E-state index in [1.165, 1.54) is 0 Å². The Hall–Kier alpha value is -0.970. The lowest BCUT2D eigenvalue weighted by atomic mass is 10.0. The van der Waals surface area contributed by atoms with Crippen molar-refractivity contribution in [2.75, 3.05) is 6.54 Å². The van der Waals surface area contributed by atoms with E-state index in [9.17, 15) is 0 Å². The van der Waals surface area contributed by atoms with Gasteiger partial charge in [0.1, 0.15) is 0 Å². The van der Waals surface area contributed by atoms with Gasteiger partial charge < -0.3 is 5.73 Å². The predicted molar refractivity (Wildman–Crippen MR) is 61.5 cm³/mol. The van der Waals surface area contributed by atoms with Crippen molar-refractivity contribution in [1.82, 2.24) is 0 Å². The van der Waals surface area contributed by atoms with Crippen molar-refractivity contribution in [2.24, 2.45) is 5.73 Å². The first-order valence-corrected chi connectivity index (χ1v) is 4.98. The zero-order valence-corrected chi connectivity index (χ0v) is 9.28. The fraction of sp³-hybridized carbons (Fsp3) is 0.333. The van der Waals surface area contributed by atoms with Gasteiger partial charge in [0.25, 0.3) is 0 Å². The summed E-state index contributed by atoms with van der Waals surface area (Å²) in [6.07, 6.45) is 0.738. The molecule has 0 saturated carbocycles. The van der Waals surface area contributed by atoms with E-state index in [0.29, 0.717) is 6.54 Å². The molecule has 0 spiro atoms. The largest absolute Gasteiger partial charge is 0.330 e. The summed E-state index contributed by atoms with van der Waals surface area (Å²) in [4.78, 5) is 0. The monoisotopic (exact) mass is 207 g/mol. The van der Waals surface area contributed by atoms with Crippen LogP contribution in [-0.2, 0) is 0 Å². The van der Waals surface area contributed by atoms with Gasteiger partial charge in [-0.05, 0) is 37.1 Å². The second-order valence-electron chi connectivity index (χ2n) is 3.26. The molecule has 1 nitrogen and oxygen atoms in total. The summed E-state index contributed by atoms with van der Waals surface area (Å²) >= 11 is 5.92. The second-order valence-corrected chi connectivity index (χ2v) is 3.69. The summed E-state index contributed by atoms with van der Waals surface area (Å²) in [5.74, 6) is 6.16. The van der Waals surface area contributed by atoms with E-state index in [1.54, 1.807) is 0 Å². The van der Waals surface area contributed by atoms with Crippen molar-refractivity contribution in [2.45, 2.75) is 20.3 Å². The van der Waals surface area contributed by atoms with E-state index in [2.05, 4.69) is 11.8 Å². The Bertz CT molecular complexity index is 362. The number of halogens is 1.